The Kier molecular flexibility index (Phi) is 5.76. The number of phenols is 1. The van der Waals surface area contributed by atoms with E-state index in [1.54, 1.807) is 24.3 Å². The van der Waals surface area contributed by atoms with Gasteiger partial charge in [0.25, 0.3) is 5.91 Å². The van der Waals surface area contributed by atoms with Gasteiger partial charge in [0.2, 0.25) is 11.9 Å². The monoisotopic (exact) mass is 368 g/mol. The number of hydrogen-bond acceptors (Lipinski definition) is 3. The highest BCUT2D eigenvalue weighted by Crippen LogP contribution is 2.22. The fourth-order valence-corrected chi connectivity index (χ4v) is 2.69. The number of benzene rings is 2. The van der Waals surface area contributed by atoms with E-state index in [1.807, 2.05) is 12.1 Å². The Labute approximate surface area is 155 Å². The molecule has 4 nitrogen and oxygen atoms in total. The van der Waals surface area contributed by atoms with E-state index in [2.05, 4.69) is 10.3 Å². The van der Waals surface area contributed by atoms with Crippen LogP contribution < -0.4 is 5.32 Å². The van der Waals surface area contributed by atoms with E-state index >= 15 is 0 Å². The van der Waals surface area contributed by atoms with Gasteiger partial charge in [0.05, 0.1) is 0 Å². The minimum Gasteiger partial charge on any atom is -0.508 e. The zero-order valence-corrected chi connectivity index (χ0v) is 14.5. The van der Waals surface area contributed by atoms with Crippen molar-refractivity contribution in [2.75, 3.05) is 6.54 Å². The predicted molar refractivity (Wildman–Crippen MR) is 98.4 cm³/mol. The van der Waals surface area contributed by atoms with E-state index in [0.29, 0.717) is 17.7 Å². The second-order valence-electron chi connectivity index (χ2n) is 6.08. The molecule has 0 aliphatic heterocycles. The number of rotatable bonds is 6. The number of nitrogens with one attached hydrogen (secondary N) is 1. The van der Waals surface area contributed by atoms with E-state index in [9.17, 15) is 18.7 Å². The first-order chi connectivity index (χ1) is 13.0. The van der Waals surface area contributed by atoms with Crippen molar-refractivity contribution >= 4 is 5.91 Å². The number of halogens is 2. The van der Waals surface area contributed by atoms with E-state index in [-0.39, 0.29) is 17.2 Å². The number of amides is 1. The van der Waals surface area contributed by atoms with Crippen LogP contribution in [0.4, 0.5) is 8.78 Å². The van der Waals surface area contributed by atoms with Crippen molar-refractivity contribution in [2.24, 2.45) is 0 Å². The molecule has 138 valence electrons. The molecule has 3 aromatic rings. The Balaban J connectivity index is 1.50. The SMILES string of the molecule is O=C(NCCCc1ccc(-c2ccc(F)nc2F)cc1)c1ccc(O)cc1. The van der Waals surface area contributed by atoms with Crippen LogP contribution >= 0.6 is 0 Å². The van der Waals surface area contributed by atoms with Gasteiger partial charge in [0.15, 0.2) is 0 Å². The third-order valence-electron chi connectivity index (χ3n) is 4.14. The molecule has 0 saturated carbocycles. The molecule has 0 bridgehead atoms. The van der Waals surface area contributed by atoms with Gasteiger partial charge in [-0.15, -0.1) is 0 Å². The molecule has 2 N–H and O–H groups in total. The molecular weight excluding hydrogens is 350 g/mol. The molecule has 27 heavy (non-hydrogen) atoms. The maximum Gasteiger partial charge on any atom is 0.251 e. The van der Waals surface area contributed by atoms with Crippen LogP contribution in [0, 0.1) is 11.9 Å². The van der Waals surface area contributed by atoms with Gasteiger partial charge in [0.1, 0.15) is 5.75 Å². The van der Waals surface area contributed by atoms with Crippen LogP contribution in [-0.4, -0.2) is 22.5 Å². The second-order valence-corrected chi connectivity index (χ2v) is 6.08. The number of aryl methyl sites for hydroxylation is 1. The molecule has 0 aliphatic rings. The molecular formula is C21H18F2N2O2. The highest BCUT2D eigenvalue weighted by Gasteiger charge is 2.08. The standard InChI is InChI=1S/C21H18F2N2O2/c22-19-12-11-18(20(23)25-19)15-5-3-14(4-6-15)2-1-13-24-21(27)16-7-9-17(26)10-8-16/h3-12,26H,1-2,13H2,(H,24,27). The number of aromatic hydroxyl groups is 1. The summed E-state index contributed by atoms with van der Waals surface area (Å²) in [5, 5.41) is 12.1. The number of hydrogen-bond donors (Lipinski definition) is 2. The van der Waals surface area contributed by atoms with Crippen LogP contribution in [0.1, 0.15) is 22.3 Å². The van der Waals surface area contributed by atoms with Crippen molar-refractivity contribution in [3.05, 3.63) is 83.7 Å². The van der Waals surface area contributed by atoms with E-state index < -0.39 is 11.9 Å². The van der Waals surface area contributed by atoms with E-state index in [4.69, 9.17) is 0 Å². The second kappa shape index (κ2) is 8.40. The molecule has 1 amide bonds. The zero-order valence-electron chi connectivity index (χ0n) is 14.5. The zero-order chi connectivity index (χ0) is 19.2. The predicted octanol–water partition coefficient (Wildman–Crippen LogP) is 4.10. The third-order valence-corrected chi connectivity index (χ3v) is 4.14. The van der Waals surface area contributed by atoms with Gasteiger partial charge in [-0.25, -0.2) is 0 Å². The number of nitrogens with zero attached hydrogens (tertiary/aromatic N) is 1. The van der Waals surface area contributed by atoms with Crippen molar-refractivity contribution in [2.45, 2.75) is 12.8 Å². The number of carbonyl (C=O) groups is 1. The first-order valence-electron chi connectivity index (χ1n) is 8.51. The number of pyridine rings is 1. The molecule has 0 saturated heterocycles. The fourth-order valence-electron chi connectivity index (χ4n) is 2.69. The van der Waals surface area contributed by atoms with Crippen molar-refractivity contribution < 1.29 is 18.7 Å². The number of carbonyl (C=O) groups excluding carboxylic acids is 1. The van der Waals surface area contributed by atoms with Gasteiger partial charge in [-0.1, -0.05) is 24.3 Å². The van der Waals surface area contributed by atoms with Crippen molar-refractivity contribution in [3.8, 4) is 16.9 Å². The summed E-state index contributed by atoms with van der Waals surface area (Å²) in [5.74, 6) is -1.75. The summed E-state index contributed by atoms with van der Waals surface area (Å²) in [4.78, 5) is 15.2. The lowest BCUT2D eigenvalue weighted by atomic mass is 10.0. The summed E-state index contributed by atoms with van der Waals surface area (Å²) in [6.07, 6.45) is 1.50. The molecule has 1 heterocycles. The lowest BCUT2D eigenvalue weighted by molar-refractivity contribution is 0.0953. The summed E-state index contributed by atoms with van der Waals surface area (Å²) in [6, 6.07) is 15.8. The molecule has 0 spiro atoms. The van der Waals surface area contributed by atoms with Crippen molar-refractivity contribution in [3.63, 3.8) is 0 Å². The van der Waals surface area contributed by atoms with Crippen LogP contribution in [0.3, 0.4) is 0 Å². The van der Waals surface area contributed by atoms with Crippen molar-refractivity contribution in [1.82, 2.24) is 10.3 Å². The quantitative estimate of drug-likeness (QED) is 0.509. The van der Waals surface area contributed by atoms with Gasteiger partial charge in [-0.2, -0.15) is 13.8 Å². The number of aromatic nitrogens is 1. The Morgan fingerprint density at radius 1 is 0.963 bits per heavy atom. The average molecular weight is 368 g/mol. The van der Waals surface area contributed by atoms with Gasteiger partial charge >= 0.3 is 0 Å². The first-order valence-corrected chi connectivity index (χ1v) is 8.51. The minimum atomic E-state index is -0.845. The summed E-state index contributed by atoms with van der Waals surface area (Å²) in [6.45, 7) is 0.512. The lowest BCUT2D eigenvalue weighted by Gasteiger charge is -2.07. The molecule has 0 unspecified atom stereocenters. The van der Waals surface area contributed by atoms with Crippen LogP contribution in [0.2, 0.25) is 0 Å². The molecule has 3 rings (SSSR count). The lowest BCUT2D eigenvalue weighted by Crippen LogP contribution is -2.24. The van der Waals surface area contributed by atoms with Gasteiger partial charge in [-0.3, -0.25) is 4.79 Å². The Bertz CT molecular complexity index is 926. The minimum absolute atomic E-state index is 0.117. The maximum atomic E-state index is 13.7. The molecule has 0 fully saturated rings. The average Bonchev–Trinajstić information content (AvgIpc) is 2.66. The maximum absolute atomic E-state index is 13.7. The highest BCUT2D eigenvalue weighted by atomic mass is 19.1. The van der Waals surface area contributed by atoms with E-state index in [0.717, 1.165) is 24.5 Å². The summed E-state index contributed by atoms with van der Waals surface area (Å²) in [5.41, 5.74) is 2.42. The van der Waals surface area contributed by atoms with Gasteiger partial charge in [-0.05, 0) is 60.4 Å². The Morgan fingerprint density at radius 3 is 2.33 bits per heavy atom. The molecule has 2 aromatic carbocycles. The smallest absolute Gasteiger partial charge is 0.251 e. The summed E-state index contributed by atoms with van der Waals surface area (Å²) in [7, 11) is 0. The Morgan fingerprint density at radius 2 is 1.67 bits per heavy atom. The summed E-state index contributed by atoms with van der Waals surface area (Å²) < 4.78 is 26.6. The third kappa shape index (κ3) is 4.88. The molecule has 1 aromatic heterocycles. The van der Waals surface area contributed by atoms with E-state index in [1.165, 1.54) is 18.2 Å². The van der Waals surface area contributed by atoms with Crippen molar-refractivity contribution in [1.29, 1.82) is 0 Å². The van der Waals surface area contributed by atoms with Crippen LogP contribution in [0.15, 0.2) is 60.7 Å². The van der Waals surface area contributed by atoms with Gasteiger partial charge < -0.3 is 10.4 Å². The normalized spacial score (nSPS) is 10.6. The topological polar surface area (TPSA) is 62.2 Å². The highest BCUT2D eigenvalue weighted by molar-refractivity contribution is 5.94. The first kappa shape index (κ1) is 18.5. The van der Waals surface area contributed by atoms with Crippen LogP contribution in [0.25, 0.3) is 11.1 Å². The summed E-state index contributed by atoms with van der Waals surface area (Å²) >= 11 is 0. The van der Waals surface area contributed by atoms with Gasteiger partial charge in [0, 0.05) is 17.7 Å². The number of phenolic OH excluding ortho intramolecular Hbond substituents is 1. The fraction of sp³-hybridized carbons (Fsp3) is 0.143. The van der Waals surface area contributed by atoms with Crippen LogP contribution in [-0.2, 0) is 6.42 Å². The van der Waals surface area contributed by atoms with Crippen LogP contribution in [0.5, 0.6) is 5.75 Å². The molecule has 0 aliphatic carbocycles. The Hall–Kier alpha value is -3.28. The molecule has 6 heteroatoms. The largest absolute Gasteiger partial charge is 0.508 e. The molecule has 0 atom stereocenters. The molecule has 0 radical (unpaired) electrons.